The van der Waals surface area contributed by atoms with Gasteiger partial charge in [-0.25, -0.2) is 0 Å². The summed E-state index contributed by atoms with van der Waals surface area (Å²) in [6.07, 6.45) is 0.270. The standard InChI is InChI=1S/C24H27Cl2N5O3S/c1-4-16-6-9-18(10-7-16)34-15(3)23(33)27-13-21-29-30-24(31(21)5-2)35-14-22(32)28-20-12-17(25)8-11-19(20)26/h6-12,15H,4-5,13-14H2,1-3H3,(H,27,33)(H,28,32)/t15-/m1/s1. The van der Waals surface area contributed by atoms with Gasteiger partial charge >= 0.3 is 0 Å². The third-order valence-electron chi connectivity index (χ3n) is 5.08. The predicted octanol–water partition coefficient (Wildman–Crippen LogP) is 4.98. The van der Waals surface area contributed by atoms with E-state index in [1.807, 2.05) is 35.8 Å². The lowest BCUT2D eigenvalue weighted by Gasteiger charge is -2.15. The van der Waals surface area contributed by atoms with Gasteiger partial charge in [-0.1, -0.05) is 54.0 Å². The maximum Gasteiger partial charge on any atom is 0.261 e. The number of benzene rings is 2. The zero-order chi connectivity index (χ0) is 25.4. The zero-order valence-electron chi connectivity index (χ0n) is 19.7. The van der Waals surface area contributed by atoms with Crippen molar-refractivity contribution in [1.82, 2.24) is 20.1 Å². The summed E-state index contributed by atoms with van der Waals surface area (Å²) in [7, 11) is 0. The number of halogens is 2. The minimum atomic E-state index is -0.670. The van der Waals surface area contributed by atoms with Crippen molar-refractivity contribution >= 4 is 52.5 Å². The van der Waals surface area contributed by atoms with E-state index in [9.17, 15) is 9.59 Å². The molecule has 0 fully saturated rings. The van der Waals surface area contributed by atoms with E-state index in [0.29, 0.717) is 39.0 Å². The number of hydrogen-bond acceptors (Lipinski definition) is 6. The highest BCUT2D eigenvalue weighted by atomic mass is 35.5. The normalized spacial score (nSPS) is 11.7. The van der Waals surface area contributed by atoms with Crippen LogP contribution in [0.2, 0.25) is 10.0 Å². The van der Waals surface area contributed by atoms with Crippen LogP contribution in [0.5, 0.6) is 5.75 Å². The number of ether oxygens (including phenoxy) is 1. The lowest BCUT2D eigenvalue weighted by atomic mass is 10.2. The van der Waals surface area contributed by atoms with Gasteiger partial charge in [-0.05, 0) is 56.2 Å². The third kappa shape index (κ3) is 7.62. The van der Waals surface area contributed by atoms with Crippen LogP contribution < -0.4 is 15.4 Å². The molecule has 0 bridgehead atoms. The van der Waals surface area contributed by atoms with Crippen molar-refractivity contribution in [3.05, 3.63) is 63.9 Å². The van der Waals surface area contributed by atoms with E-state index < -0.39 is 6.10 Å². The molecule has 3 aromatic rings. The number of carbonyl (C=O) groups excluding carboxylic acids is 2. The molecule has 11 heteroatoms. The van der Waals surface area contributed by atoms with Crippen LogP contribution in [0, 0.1) is 0 Å². The number of hydrogen-bond donors (Lipinski definition) is 2. The fourth-order valence-electron chi connectivity index (χ4n) is 3.16. The molecule has 0 aliphatic rings. The second-order valence-corrected chi connectivity index (χ2v) is 9.37. The van der Waals surface area contributed by atoms with Crippen LogP contribution in [0.4, 0.5) is 5.69 Å². The van der Waals surface area contributed by atoms with Crippen LogP contribution in [-0.2, 0) is 29.1 Å². The Bertz CT molecular complexity index is 1170. The summed E-state index contributed by atoms with van der Waals surface area (Å²) in [6.45, 7) is 6.48. The highest BCUT2D eigenvalue weighted by molar-refractivity contribution is 7.99. The Hall–Kier alpha value is -2.75. The molecule has 2 N–H and O–H groups in total. The van der Waals surface area contributed by atoms with Gasteiger partial charge in [0.1, 0.15) is 5.75 Å². The van der Waals surface area contributed by atoms with Gasteiger partial charge in [0.15, 0.2) is 17.1 Å². The van der Waals surface area contributed by atoms with Crippen LogP contribution in [0.15, 0.2) is 47.6 Å². The van der Waals surface area contributed by atoms with Gasteiger partial charge in [-0.3, -0.25) is 9.59 Å². The molecule has 0 aliphatic carbocycles. The maximum atomic E-state index is 12.5. The topological polar surface area (TPSA) is 98.1 Å². The Labute approximate surface area is 218 Å². The summed E-state index contributed by atoms with van der Waals surface area (Å²) in [5.74, 6) is 0.813. The molecular weight excluding hydrogens is 509 g/mol. The molecule has 0 radical (unpaired) electrons. The number of rotatable bonds is 11. The summed E-state index contributed by atoms with van der Waals surface area (Å²) in [5, 5.41) is 15.4. The zero-order valence-corrected chi connectivity index (χ0v) is 22.0. The Balaban J connectivity index is 1.52. The molecule has 2 aromatic carbocycles. The molecule has 2 amide bonds. The molecule has 0 aliphatic heterocycles. The molecule has 3 rings (SSSR count). The van der Waals surface area contributed by atoms with Gasteiger partial charge < -0.3 is 19.9 Å². The fraction of sp³-hybridized carbons (Fsp3) is 0.333. The van der Waals surface area contributed by atoms with Crippen LogP contribution in [0.25, 0.3) is 0 Å². The Morgan fingerprint density at radius 3 is 2.54 bits per heavy atom. The quantitative estimate of drug-likeness (QED) is 0.336. The molecule has 8 nitrogen and oxygen atoms in total. The average Bonchev–Trinajstić information content (AvgIpc) is 3.25. The van der Waals surface area contributed by atoms with Crippen molar-refractivity contribution in [3.8, 4) is 5.75 Å². The van der Waals surface area contributed by atoms with Crippen LogP contribution in [0.3, 0.4) is 0 Å². The van der Waals surface area contributed by atoms with Crippen molar-refractivity contribution in [2.45, 2.75) is 51.5 Å². The van der Waals surface area contributed by atoms with E-state index in [1.165, 1.54) is 17.3 Å². The first-order valence-electron chi connectivity index (χ1n) is 11.1. The Morgan fingerprint density at radius 1 is 1.11 bits per heavy atom. The number of amides is 2. The van der Waals surface area contributed by atoms with Gasteiger partial charge in [-0.15, -0.1) is 10.2 Å². The fourth-order valence-corrected chi connectivity index (χ4v) is 4.31. The van der Waals surface area contributed by atoms with Crippen molar-refractivity contribution in [2.24, 2.45) is 0 Å². The predicted molar refractivity (Wildman–Crippen MR) is 139 cm³/mol. The number of nitrogens with zero attached hydrogens (tertiary/aromatic N) is 3. The van der Waals surface area contributed by atoms with E-state index >= 15 is 0 Å². The van der Waals surface area contributed by atoms with E-state index in [-0.39, 0.29) is 24.1 Å². The van der Waals surface area contributed by atoms with Crippen molar-refractivity contribution in [1.29, 1.82) is 0 Å². The van der Waals surface area contributed by atoms with E-state index in [0.717, 1.165) is 6.42 Å². The van der Waals surface area contributed by atoms with E-state index in [4.69, 9.17) is 27.9 Å². The van der Waals surface area contributed by atoms with Gasteiger partial charge in [0.05, 0.1) is 23.0 Å². The first-order valence-corrected chi connectivity index (χ1v) is 12.9. The SMILES string of the molecule is CCc1ccc(O[C@H](C)C(=O)NCc2nnc(SCC(=O)Nc3cc(Cl)ccc3Cl)n2CC)cc1. The number of aryl methyl sites for hydroxylation is 1. The monoisotopic (exact) mass is 535 g/mol. The largest absolute Gasteiger partial charge is 0.481 e. The maximum absolute atomic E-state index is 12.5. The Kier molecular flexibility index (Phi) is 9.83. The summed E-state index contributed by atoms with van der Waals surface area (Å²) >= 11 is 13.3. The van der Waals surface area contributed by atoms with E-state index in [2.05, 4.69) is 27.8 Å². The summed E-state index contributed by atoms with van der Waals surface area (Å²) in [6, 6.07) is 12.5. The lowest BCUT2D eigenvalue weighted by molar-refractivity contribution is -0.127. The Morgan fingerprint density at radius 2 is 1.86 bits per heavy atom. The minimum Gasteiger partial charge on any atom is -0.481 e. The third-order valence-corrected chi connectivity index (χ3v) is 6.61. The molecule has 1 atom stereocenters. The molecule has 1 aromatic heterocycles. The van der Waals surface area contributed by atoms with Crippen molar-refractivity contribution in [3.63, 3.8) is 0 Å². The highest BCUT2D eigenvalue weighted by Gasteiger charge is 2.18. The minimum absolute atomic E-state index is 0.106. The van der Waals surface area contributed by atoms with Gasteiger partial charge in [0, 0.05) is 11.6 Å². The van der Waals surface area contributed by atoms with Crippen LogP contribution in [-0.4, -0.2) is 38.4 Å². The van der Waals surface area contributed by atoms with Crippen molar-refractivity contribution < 1.29 is 14.3 Å². The molecule has 35 heavy (non-hydrogen) atoms. The van der Waals surface area contributed by atoms with Gasteiger partial charge in [0.25, 0.3) is 5.91 Å². The van der Waals surface area contributed by atoms with Gasteiger partial charge in [0.2, 0.25) is 5.91 Å². The smallest absolute Gasteiger partial charge is 0.261 e. The van der Waals surface area contributed by atoms with Crippen LogP contribution >= 0.6 is 35.0 Å². The summed E-state index contributed by atoms with van der Waals surface area (Å²) in [4.78, 5) is 24.9. The average molecular weight is 536 g/mol. The number of nitrogens with one attached hydrogen (secondary N) is 2. The number of carbonyl (C=O) groups is 2. The lowest BCUT2D eigenvalue weighted by Crippen LogP contribution is -2.36. The number of anilines is 1. The molecule has 0 saturated heterocycles. The molecule has 0 spiro atoms. The van der Waals surface area contributed by atoms with Crippen LogP contribution in [0.1, 0.15) is 32.2 Å². The summed E-state index contributed by atoms with van der Waals surface area (Å²) in [5.41, 5.74) is 1.65. The molecular formula is C24H27Cl2N5O3S. The van der Waals surface area contributed by atoms with E-state index in [1.54, 1.807) is 25.1 Å². The number of aromatic nitrogens is 3. The van der Waals surface area contributed by atoms with Crippen molar-refractivity contribution in [2.75, 3.05) is 11.1 Å². The second-order valence-electron chi connectivity index (χ2n) is 7.58. The highest BCUT2D eigenvalue weighted by Crippen LogP contribution is 2.26. The first kappa shape index (κ1) is 26.8. The van der Waals surface area contributed by atoms with Gasteiger partial charge in [-0.2, -0.15) is 0 Å². The molecule has 1 heterocycles. The summed E-state index contributed by atoms with van der Waals surface area (Å²) < 4.78 is 7.58. The molecule has 0 unspecified atom stereocenters. The first-order chi connectivity index (χ1) is 16.8. The second kappa shape index (κ2) is 12.8. The number of thioether (sulfide) groups is 1. The molecule has 0 saturated carbocycles. The molecule has 186 valence electrons.